The van der Waals surface area contributed by atoms with E-state index in [2.05, 4.69) is 22.3 Å². The number of fused-ring (bicyclic) bond motifs is 1. The summed E-state index contributed by atoms with van der Waals surface area (Å²) in [7, 11) is 0. The van der Waals surface area contributed by atoms with E-state index < -0.39 is 0 Å². The molecule has 2 aromatic rings. The highest BCUT2D eigenvalue weighted by atomic mass is 32.1. The first-order valence-electron chi connectivity index (χ1n) is 7.10. The van der Waals surface area contributed by atoms with Crippen LogP contribution in [0.15, 0.2) is 5.38 Å². The van der Waals surface area contributed by atoms with Gasteiger partial charge in [-0.2, -0.15) is 5.10 Å². The Labute approximate surface area is 127 Å². The van der Waals surface area contributed by atoms with E-state index in [0.717, 1.165) is 35.7 Å². The maximum atomic E-state index is 12.3. The summed E-state index contributed by atoms with van der Waals surface area (Å²) in [5.41, 5.74) is 2.14. The summed E-state index contributed by atoms with van der Waals surface area (Å²) in [5, 5.41) is 10.3. The standard InChI is InChI=1S/C14H18N4O2S/c1-3-11-16-10(8-21-11)7-15-13(19)12-9(2)14-18(17-12)5-4-6-20-14/h8H,3-7H2,1-2H3,(H,15,19). The van der Waals surface area contributed by atoms with Crippen molar-refractivity contribution in [3.63, 3.8) is 0 Å². The Morgan fingerprint density at radius 1 is 1.57 bits per heavy atom. The molecule has 6 nitrogen and oxygen atoms in total. The van der Waals surface area contributed by atoms with Crippen molar-refractivity contribution in [1.29, 1.82) is 0 Å². The number of ether oxygens (including phenoxy) is 1. The van der Waals surface area contributed by atoms with Crippen molar-refractivity contribution in [2.24, 2.45) is 0 Å². The van der Waals surface area contributed by atoms with Gasteiger partial charge in [-0.25, -0.2) is 9.67 Å². The Kier molecular flexibility index (Phi) is 3.92. The number of carbonyl (C=O) groups excluding carboxylic acids is 1. The summed E-state index contributed by atoms with van der Waals surface area (Å²) in [6, 6.07) is 0. The molecule has 0 unspecified atom stereocenters. The number of rotatable bonds is 4. The molecule has 1 N–H and O–H groups in total. The van der Waals surface area contributed by atoms with Gasteiger partial charge in [-0.1, -0.05) is 6.92 Å². The van der Waals surface area contributed by atoms with Crippen molar-refractivity contribution in [2.45, 2.75) is 39.8 Å². The van der Waals surface area contributed by atoms with Gasteiger partial charge < -0.3 is 10.1 Å². The SMILES string of the molecule is CCc1nc(CNC(=O)c2nn3c(c2C)OCCC3)cs1. The van der Waals surface area contributed by atoms with Gasteiger partial charge in [0, 0.05) is 23.9 Å². The Morgan fingerprint density at radius 3 is 3.14 bits per heavy atom. The minimum absolute atomic E-state index is 0.177. The Hall–Kier alpha value is -1.89. The zero-order valence-electron chi connectivity index (χ0n) is 12.2. The molecule has 3 rings (SSSR count). The molecule has 2 aromatic heterocycles. The Morgan fingerprint density at radius 2 is 2.43 bits per heavy atom. The highest BCUT2D eigenvalue weighted by Crippen LogP contribution is 2.24. The normalized spacial score (nSPS) is 13.6. The zero-order chi connectivity index (χ0) is 14.8. The number of aryl methyl sites for hydroxylation is 2. The summed E-state index contributed by atoms with van der Waals surface area (Å²) in [6.45, 7) is 5.86. The second kappa shape index (κ2) is 5.85. The van der Waals surface area contributed by atoms with Gasteiger partial charge in [-0.3, -0.25) is 4.79 Å². The van der Waals surface area contributed by atoms with E-state index in [9.17, 15) is 4.79 Å². The van der Waals surface area contributed by atoms with Crippen LogP contribution in [0, 0.1) is 6.92 Å². The molecule has 21 heavy (non-hydrogen) atoms. The topological polar surface area (TPSA) is 69.0 Å². The molecule has 0 radical (unpaired) electrons. The highest BCUT2D eigenvalue weighted by Gasteiger charge is 2.23. The molecule has 1 aliphatic rings. The lowest BCUT2D eigenvalue weighted by atomic mass is 10.2. The van der Waals surface area contributed by atoms with Gasteiger partial charge in [0.2, 0.25) is 5.88 Å². The fourth-order valence-corrected chi connectivity index (χ4v) is 3.06. The van der Waals surface area contributed by atoms with Crippen LogP contribution >= 0.6 is 11.3 Å². The van der Waals surface area contributed by atoms with Crippen LogP contribution in [0.2, 0.25) is 0 Å². The average molecular weight is 306 g/mol. The number of carbonyl (C=O) groups is 1. The first-order chi connectivity index (χ1) is 10.2. The zero-order valence-corrected chi connectivity index (χ0v) is 13.0. The largest absolute Gasteiger partial charge is 0.478 e. The molecule has 0 fully saturated rings. The van der Waals surface area contributed by atoms with Crippen LogP contribution in [0.3, 0.4) is 0 Å². The third-order valence-corrected chi connectivity index (χ3v) is 4.47. The number of amides is 1. The van der Waals surface area contributed by atoms with Gasteiger partial charge in [0.15, 0.2) is 5.69 Å². The number of nitrogens with zero attached hydrogens (tertiary/aromatic N) is 3. The van der Waals surface area contributed by atoms with Crippen LogP contribution in [0.5, 0.6) is 5.88 Å². The first kappa shape index (κ1) is 14.1. The number of aromatic nitrogens is 3. The predicted molar refractivity (Wildman–Crippen MR) is 79.7 cm³/mol. The van der Waals surface area contributed by atoms with E-state index in [4.69, 9.17) is 4.74 Å². The van der Waals surface area contributed by atoms with Crippen molar-refractivity contribution < 1.29 is 9.53 Å². The van der Waals surface area contributed by atoms with Crippen LogP contribution in [0.4, 0.5) is 0 Å². The lowest BCUT2D eigenvalue weighted by Gasteiger charge is -2.14. The molecule has 7 heteroatoms. The van der Waals surface area contributed by atoms with E-state index in [1.54, 1.807) is 16.0 Å². The van der Waals surface area contributed by atoms with Crippen molar-refractivity contribution in [1.82, 2.24) is 20.1 Å². The number of hydrogen-bond donors (Lipinski definition) is 1. The molecule has 0 spiro atoms. The van der Waals surface area contributed by atoms with Gasteiger partial charge in [0.25, 0.3) is 5.91 Å². The smallest absolute Gasteiger partial charge is 0.272 e. The second-order valence-corrected chi connectivity index (χ2v) is 5.92. The molecular weight excluding hydrogens is 288 g/mol. The molecule has 0 aromatic carbocycles. The number of hydrogen-bond acceptors (Lipinski definition) is 5. The third-order valence-electron chi connectivity index (χ3n) is 3.43. The molecule has 0 saturated carbocycles. The quantitative estimate of drug-likeness (QED) is 0.937. The van der Waals surface area contributed by atoms with Gasteiger partial charge in [0.1, 0.15) is 0 Å². The van der Waals surface area contributed by atoms with Gasteiger partial charge in [-0.05, 0) is 13.3 Å². The molecule has 0 saturated heterocycles. The summed E-state index contributed by atoms with van der Waals surface area (Å²) >= 11 is 1.62. The fourth-order valence-electron chi connectivity index (χ4n) is 2.32. The molecular formula is C14H18N4O2S. The van der Waals surface area contributed by atoms with Crippen LogP contribution in [-0.2, 0) is 19.5 Å². The van der Waals surface area contributed by atoms with Crippen LogP contribution in [-0.4, -0.2) is 27.3 Å². The van der Waals surface area contributed by atoms with Crippen molar-refractivity contribution >= 4 is 17.2 Å². The number of nitrogens with one attached hydrogen (secondary N) is 1. The van der Waals surface area contributed by atoms with E-state index in [1.165, 1.54) is 0 Å². The van der Waals surface area contributed by atoms with Gasteiger partial charge >= 0.3 is 0 Å². The maximum Gasteiger partial charge on any atom is 0.272 e. The highest BCUT2D eigenvalue weighted by molar-refractivity contribution is 7.09. The van der Waals surface area contributed by atoms with E-state index in [0.29, 0.717) is 24.7 Å². The predicted octanol–water partition coefficient (Wildman–Crippen LogP) is 1.92. The molecule has 112 valence electrons. The first-order valence-corrected chi connectivity index (χ1v) is 7.98. The minimum atomic E-state index is -0.177. The van der Waals surface area contributed by atoms with Crippen molar-refractivity contribution in [3.8, 4) is 5.88 Å². The summed E-state index contributed by atoms with van der Waals surface area (Å²) in [5.74, 6) is 0.539. The fraction of sp³-hybridized carbons (Fsp3) is 0.500. The van der Waals surface area contributed by atoms with Gasteiger partial charge in [-0.15, -0.1) is 11.3 Å². The number of thiazole rings is 1. The van der Waals surface area contributed by atoms with Crippen LogP contribution < -0.4 is 10.1 Å². The molecule has 0 atom stereocenters. The Bertz CT molecular complexity index is 662. The molecule has 3 heterocycles. The van der Waals surface area contributed by atoms with E-state index >= 15 is 0 Å². The van der Waals surface area contributed by atoms with Gasteiger partial charge in [0.05, 0.1) is 23.9 Å². The molecule has 1 aliphatic heterocycles. The minimum Gasteiger partial charge on any atom is -0.478 e. The Balaban J connectivity index is 1.69. The molecule has 1 amide bonds. The lowest BCUT2D eigenvalue weighted by molar-refractivity contribution is 0.0944. The molecule has 0 aliphatic carbocycles. The monoisotopic (exact) mass is 306 g/mol. The van der Waals surface area contributed by atoms with E-state index in [-0.39, 0.29) is 5.91 Å². The lowest BCUT2D eigenvalue weighted by Crippen LogP contribution is -2.24. The van der Waals surface area contributed by atoms with Crippen molar-refractivity contribution in [3.05, 3.63) is 27.3 Å². The average Bonchev–Trinajstić information content (AvgIpc) is 3.10. The molecule has 0 bridgehead atoms. The summed E-state index contributed by atoms with van der Waals surface area (Å²) < 4.78 is 7.35. The summed E-state index contributed by atoms with van der Waals surface area (Å²) in [4.78, 5) is 16.7. The van der Waals surface area contributed by atoms with Crippen molar-refractivity contribution in [2.75, 3.05) is 6.61 Å². The summed E-state index contributed by atoms with van der Waals surface area (Å²) in [6.07, 6.45) is 1.84. The van der Waals surface area contributed by atoms with E-state index in [1.807, 2.05) is 12.3 Å². The van der Waals surface area contributed by atoms with Crippen LogP contribution in [0.1, 0.15) is 40.1 Å². The second-order valence-electron chi connectivity index (χ2n) is 4.97. The maximum absolute atomic E-state index is 12.3. The third kappa shape index (κ3) is 2.78. The van der Waals surface area contributed by atoms with Crippen LogP contribution in [0.25, 0.3) is 0 Å².